The lowest BCUT2D eigenvalue weighted by Gasteiger charge is -2.14. The number of carbonyl (C=O) groups excluding carboxylic acids is 1. The van der Waals surface area contributed by atoms with Crippen LogP contribution in [0.25, 0.3) is 22.6 Å². The van der Waals surface area contributed by atoms with Crippen LogP contribution in [0.15, 0.2) is 71.1 Å². The molecule has 0 bridgehead atoms. The fraction of sp³-hybridized carbons (Fsp3) is 0.192. The van der Waals surface area contributed by atoms with Gasteiger partial charge < -0.3 is 19.2 Å². The zero-order valence-corrected chi connectivity index (χ0v) is 19.9. The SMILES string of the molecule is COc1ccc(-c2nc3ccccc3o2)cc1NC(=S)NC(=O)c1ccc(OCC(C)C)cc1. The summed E-state index contributed by atoms with van der Waals surface area (Å²) in [6.07, 6.45) is 0. The number of nitrogens with one attached hydrogen (secondary N) is 2. The van der Waals surface area contributed by atoms with Gasteiger partial charge in [-0.25, -0.2) is 4.98 Å². The standard InChI is InChI=1S/C26H25N3O4S/c1-16(2)15-32-19-11-8-17(9-12-19)24(30)29-26(34)28-21-14-18(10-13-22(21)31-3)25-27-20-6-4-5-7-23(20)33-25/h4-14,16H,15H2,1-3H3,(H2,28,29,30,34). The van der Waals surface area contributed by atoms with Crippen molar-refractivity contribution in [3.05, 3.63) is 72.3 Å². The van der Waals surface area contributed by atoms with Crippen LogP contribution in [0, 0.1) is 5.92 Å². The molecule has 4 rings (SSSR count). The lowest BCUT2D eigenvalue weighted by Crippen LogP contribution is -2.34. The maximum Gasteiger partial charge on any atom is 0.257 e. The van der Waals surface area contributed by atoms with Crippen molar-refractivity contribution in [2.24, 2.45) is 5.92 Å². The molecule has 8 heteroatoms. The molecule has 0 spiro atoms. The van der Waals surface area contributed by atoms with E-state index in [9.17, 15) is 4.79 Å². The smallest absolute Gasteiger partial charge is 0.257 e. The highest BCUT2D eigenvalue weighted by Crippen LogP contribution is 2.31. The summed E-state index contributed by atoms with van der Waals surface area (Å²) in [6.45, 7) is 4.77. The molecule has 4 aromatic rings. The molecule has 3 aromatic carbocycles. The molecular formula is C26H25N3O4S. The van der Waals surface area contributed by atoms with Crippen LogP contribution in [0.2, 0.25) is 0 Å². The molecule has 174 valence electrons. The largest absolute Gasteiger partial charge is 0.495 e. The molecule has 0 fully saturated rings. The number of hydrogen-bond donors (Lipinski definition) is 2. The number of ether oxygens (including phenoxy) is 2. The second-order valence-electron chi connectivity index (χ2n) is 8.04. The van der Waals surface area contributed by atoms with Crippen LogP contribution in [-0.4, -0.2) is 29.7 Å². The molecule has 7 nitrogen and oxygen atoms in total. The van der Waals surface area contributed by atoms with Gasteiger partial charge in [0, 0.05) is 11.1 Å². The van der Waals surface area contributed by atoms with E-state index >= 15 is 0 Å². The van der Waals surface area contributed by atoms with Crippen molar-refractivity contribution in [2.75, 3.05) is 19.0 Å². The van der Waals surface area contributed by atoms with Gasteiger partial charge in [-0.3, -0.25) is 10.1 Å². The molecule has 1 amide bonds. The van der Waals surface area contributed by atoms with Crippen molar-refractivity contribution in [3.63, 3.8) is 0 Å². The van der Waals surface area contributed by atoms with Crippen molar-refractivity contribution >= 4 is 40.0 Å². The number of hydrogen-bond acceptors (Lipinski definition) is 6. The molecule has 0 saturated heterocycles. The Balaban J connectivity index is 1.45. The minimum Gasteiger partial charge on any atom is -0.495 e. The van der Waals surface area contributed by atoms with Gasteiger partial charge in [-0.15, -0.1) is 0 Å². The highest BCUT2D eigenvalue weighted by Gasteiger charge is 2.14. The van der Waals surface area contributed by atoms with Gasteiger partial charge in [0.05, 0.1) is 19.4 Å². The predicted octanol–water partition coefficient (Wildman–Crippen LogP) is 5.67. The first-order valence-corrected chi connectivity index (χ1v) is 11.2. The van der Waals surface area contributed by atoms with E-state index in [-0.39, 0.29) is 11.0 Å². The molecule has 0 unspecified atom stereocenters. The van der Waals surface area contributed by atoms with E-state index in [1.54, 1.807) is 37.4 Å². The molecule has 1 heterocycles. The van der Waals surface area contributed by atoms with Gasteiger partial charge in [0.1, 0.15) is 17.0 Å². The Morgan fingerprint density at radius 2 is 1.85 bits per heavy atom. The second-order valence-corrected chi connectivity index (χ2v) is 8.45. The monoisotopic (exact) mass is 475 g/mol. The zero-order valence-electron chi connectivity index (χ0n) is 19.1. The summed E-state index contributed by atoms with van der Waals surface area (Å²) in [7, 11) is 1.56. The quantitative estimate of drug-likeness (QED) is 0.333. The van der Waals surface area contributed by atoms with Crippen LogP contribution >= 0.6 is 12.2 Å². The molecule has 2 N–H and O–H groups in total. The van der Waals surface area contributed by atoms with Gasteiger partial charge in [0.25, 0.3) is 5.91 Å². The Morgan fingerprint density at radius 3 is 2.56 bits per heavy atom. The number of fused-ring (bicyclic) bond motifs is 1. The third-order valence-corrected chi connectivity index (χ3v) is 5.12. The number of carbonyl (C=O) groups is 1. The number of thiocarbonyl (C=S) groups is 1. The number of anilines is 1. The Bertz CT molecular complexity index is 1280. The molecule has 0 aliphatic carbocycles. The number of rotatable bonds is 7. The number of methoxy groups -OCH3 is 1. The lowest BCUT2D eigenvalue weighted by atomic mass is 10.2. The number of amides is 1. The molecule has 0 saturated carbocycles. The van der Waals surface area contributed by atoms with Gasteiger partial charge in [-0.05, 0) is 72.7 Å². The first-order valence-electron chi connectivity index (χ1n) is 10.8. The Morgan fingerprint density at radius 1 is 1.09 bits per heavy atom. The van der Waals surface area contributed by atoms with Crippen molar-refractivity contribution in [3.8, 4) is 23.0 Å². The third-order valence-electron chi connectivity index (χ3n) is 4.92. The third kappa shape index (κ3) is 5.52. The average molecular weight is 476 g/mol. The van der Waals surface area contributed by atoms with Crippen LogP contribution in [0.1, 0.15) is 24.2 Å². The fourth-order valence-electron chi connectivity index (χ4n) is 3.23. The predicted molar refractivity (Wildman–Crippen MR) is 136 cm³/mol. The van der Waals surface area contributed by atoms with Crippen molar-refractivity contribution in [2.45, 2.75) is 13.8 Å². The van der Waals surface area contributed by atoms with Crippen LogP contribution in [-0.2, 0) is 0 Å². The van der Waals surface area contributed by atoms with E-state index in [1.807, 2.05) is 36.4 Å². The molecule has 0 atom stereocenters. The molecule has 1 aromatic heterocycles. The van der Waals surface area contributed by atoms with Gasteiger partial charge in [0.2, 0.25) is 5.89 Å². The second kappa shape index (κ2) is 10.4. The Hall–Kier alpha value is -3.91. The molecule has 0 aliphatic rings. The van der Waals surface area contributed by atoms with E-state index in [0.29, 0.717) is 46.7 Å². The van der Waals surface area contributed by atoms with E-state index in [4.69, 9.17) is 26.1 Å². The fourth-order valence-corrected chi connectivity index (χ4v) is 3.43. The highest BCUT2D eigenvalue weighted by atomic mass is 32.1. The molecule has 34 heavy (non-hydrogen) atoms. The summed E-state index contributed by atoms with van der Waals surface area (Å²) in [4.78, 5) is 17.2. The normalized spacial score (nSPS) is 10.8. The minimum atomic E-state index is -0.331. The summed E-state index contributed by atoms with van der Waals surface area (Å²) in [5.74, 6) is 1.84. The highest BCUT2D eigenvalue weighted by molar-refractivity contribution is 7.80. The van der Waals surface area contributed by atoms with E-state index in [2.05, 4.69) is 29.5 Å². The number of para-hydroxylation sites is 2. The Labute approximate surface area is 203 Å². The van der Waals surface area contributed by atoms with Crippen LogP contribution in [0.4, 0.5) is 5.69 Å². The summed E-state index contributed by atoms with van der Waals surface area (Å²) in [5.41, 5.74) is 3.25. The van der Waals surface area contributed by atoms with Gasteiger partial charge in [0.15, 0.2) is 10.7 Å². The summed E-state index contributed by atoms with van der Waals surface area (Å²) < 4.78 is 17.0. The topological polar surface area (TPSA) is 85.6 Å². The summed E-state index contributed by atoms with van der Waals surface area (Å²) in [5, 5.41) is 5.86. The van der Waals surface area contributed by atoms with Crippen LogP contribution in [0.5, 0.6) is 11.5 Å². The van der Waals surface area contributed by atoms with Crippen LogP contribution in [0.3, 0.4) is 0 Å². The average Bonchev–Trinajstić information content (AvgIpc) is 3.27. The van der Waals surface area contributed by atoms with Crippen LogP contribution < -0.4 is 20.1 Å². The van der Waals surface area contributed by atoms with Crippen molar-refractivity contribution in [1.82, 2.24) is 10.3 Å². The Kier molecular flexibility index (Phi) is 7.08. The maximum absolute atomic E-state index is 12.6. The molecule has 0 aliphatic heterocycles. The van der Waals surface area contributed by atoms with Gasteiger partial charge >= 0.3 is 0 Å². The summed E-state index contributed by atoms with van der Waals surface area (Å²) in [6, 6.07) is 19.9. The zero-order chi connectivity index (χ0) is 24.1. The first-order chi connectivity index (χ1) is 16.4. The van der Waals surface area contributed by atoms with Gasteiger partial charge in [-0.1, -0.05) is 26.0 Å². The molecular weight excluding hydrogens is 450 g/mol. The van der Waals surface area contributed by atoms with Crippen molar-refractivity contribution < 1.29 is 18.7 Å². The van der Waals surface area contributed by atoms with E-state index in [1.165, 1.54) is 0 Å². The number of aromatic nitrogens is 1. The first kappa shape index (κ1) is 23.3. The minimum absolute atomic E-state index is 0.137. The van der Waals surface area contributed by atoms with E-state index < -0.39 is 0 Å². The van der Waals surface area contributed by atoms with E-state index in [0.717, 1.165) is 11.1 Å². The van der Waals surface area contributed by atoms with Gasteiger partial charge in [-0.2, -0.15) is 0 Å². The van der Waals surface area contributed by atoms with Crippen molar-refractivity contribution in [1.29, 1.82) is 0 Å². The number of nitrogens with zero attached hydrogens (tertiary/aromatic N) is 1. The number of oxazole rings is 1. The maximum atomic E-state index is 12.6. The number of benzene rings is 3. The summed E-state index contributed by atoms with van der Waals surface area (Å²) >= 11 is 5.37. The lowest BCUT2D eigenvalue weighted by molar-refractivity contribution is 0.0977. The molecule has 0 radical (unpaired) electrons.